The van der Waals surface area contributed by atoms with E-state index in [9.17, 15) is 4.39 Å². The molecular formula is C19H16FN3. The van der Waals surface area contributed by atoms with Crippen LogP contribution in [-0.2, 0) is 0 Å². The van der Waals surface area contributed by atoms with Crippen LogP contribution in [-0.4, -0.2) is 16.0 Å². The zero-order chi connectivity index (χ0) is 15.8. The standard InChI is InChI=1S/C19H16FN3/c1-13-18(15-7-9-16(20)10-8-15)19-21-12-11-17(23(19)22-13)14-5-3-2-4-6-14/h2-10,12,17H,11H2,1H3/t17-/m0/s1. The second-order valence-corrected chi connectivity index (χ2v) is 5.71. The summed E-state index contributed by atoms with van der Waals surface area (Å²) in [6, 6.07) is 17.0. The summed E-state index contributed by atoms with van der Waals surface area (Å²) in [6.07, 6.45) is 2.77. The molecule has 0 unspecified atom stereocenters. The van der Waals surface area contributed by atoms with E-state index in [0.717, 1.165) is 29.1 Å². The molecule has 0 aliphatic carbocycles. The van der Waals surface area contributed by atoms with E-state index in [4.69, 9.17) is 5.10 Å². The number of fused-ring (bicyclic) bond motifs is 1. The van der Waals surface area contributed by atoms with Crippen molar-refractivity contribution in [1.29, 1.82) is 0 Å². The van der Waals surface area contributed by atoms with Crippen molar-refractivity contribution < 1.29 is 4.39 Å². The summed E-state index contributed by atoms with van der Waals surface area (Å²) in [5, 5.41) is 4.72. The van der Waals surface area contributed by atoms with Gasteiger partial charge in [0.15, 0.2) is 5.82 Å². The first-order valence-corrected chi connectivity index (χ1v) is 7.66. The average Bonchev–Trinajstić information content (AvgIpc) is 2.92. The fourth-order valence-electron chi connectivity index (χ4n) is 3.12. The number of aryl methyl sites for hydroxylation is 1. The maximum Gasteiger partial charge on any atom is 0.158 e. The maximum atomic E-state index is 13.2. The van der Waals surface area contributed by atoms with Crippen LogP contribution in [0.4, 0.5) is 10.2 Å². The highest BCUT2D eigenvalue weighted by Gasteiger charge is 2.25. The van der Waals surface area contributed by atoms with Crippen LogP contribution in [0.5, 0.6) is 0 Å². The first-order valence-electron chi connectivity index (χ1n) is 7.66. The number of aromatic nitrogens is 2. The topological polar surface area (TPSA) is 30.2 Å². The van der Waals surface area contributed by atoms with Crippen molar-refractivity contribution in [1.82, 2.24) is 9.78 Å². The van der Waals surface area contributed by atoms with Gasteiger partial charge in [0, 0.05) is 18.2 Å². The third-order valence-corrected chi connectivity index (χ3v) is 4.21. The normalized spacial score (nSPS) is 16.3. The minimum absolute atomic E-state index is 0.150. The molecule has 0 amide bonds. The lowest BCUT2D eigenvalue weighted by Crippen LogP contribution is -2.15. The van der Waals surface area contributed by atoms with Crippen LogP contribution in [0, 0.1) is 12.7 Å². The van der Waals surface area contributed by atoms with Gasteiger partial charge in [0.1, 0.15) is 5.82 Å². The molecule has 1 aromatic heterocycles. The van der Waals surface area contributed by atoms with Crippen molar-refractivity contribution in [3.05, 3.63) is 71.7 Å². The highest BCUT2D eigenvalue weighted by Crippen LogP contribution is 2.39. The molecule has 0 saturated carbocycles. The van der Waals surface area contributed by atoms with E-state index in [0.29, 0.717) is 0 Å². The lowest BCUT2D eigenvalue weighted by molar-refractivity contribution is 0.533. The number of hydrogen-bond donors (Lipinski definition) is 0. The molecule has 1 aliphatic rings. The molecule has 0 saturated heterocycles. The third kappa shape index (κ3) is 2.36. The summed E-state index contributed by atoms with van der Waals surface area (Å²) in [5.41, 5.74) is 4.04. The molecule has 0 spiro atoms. The van der Waals surface area contributed by atoms with Crippen molar-refractivity contribution >= 4 is 12.0 Å². The van der Waals surface area contributed by atoms with E-state index in [1.54, 1.807) is 12.1 Å². The summed E-state index contributed by atoms with van der Waals surface area (Å²) in [4.78, 5) is 4.57. The predicted molar refractivity (Wildman–Crippen MR) is 89.7 cm³/mol. The van der Waals surface area contributed by atoms with Crippen LogP contribution in [0.2, 0.25) is 0 Å². The third-order valence-electron chi connectivity index (χ3n) is 4.21. The number of aliphatic imine (C=N–C) groups is 1. The molecular weight excluding hydrogens is 289 g/mol. The van der Waals surface area contributed by atoms with Gasteiger partial charge in [-0.15, -0.1) is 0 Å². The average molecular weight is 305 g/mol. The lowest BCUT2D eigenvalue weighted by Gasteiger charge is -2.21. The molecule has 0 bridgehead atoms. The molecule has 0 fully saturated rings. The summed E-state index contributed by atoms with van der Waals surface area (Å²) >= 11 is 0. The summed E-state index contributed by atoms with van der Waals surface area (Å²) in [6.45, 7) is 1.97. The van der Waals surface area contributed by atoms with Gasteiger partial charge in [-0.05, 0) is 30.2 Å². The van der Waals surface area contributed by atoms with Gasteiger partial charge in [-0.1, -0.05) is 42.5 Å². The Labute approximate surface area is 134 Å². The monoisotopic (exact) mass is 305 g/mol. The molecule has 3 nitrogen and oxygen atoms in total. The van der Waals surface area contributed by atoms with Crippen molar-refractivity contribution in [2.24, 2.45) is 4.99 Å². The van der Waals surface area contributed by atoms with Crippen LogP contribution < -0.4 is 0 Å². The second-order valence-electron chi connectivity index (χ2n) is 5.71. The van der Waals surface area contributed by atoms with Crippen LogP contribution >= 0.6 is 0 Å². The number of benzene rings is 2. The van der Waals surface area contributed by atoms with Gasteiger partial charge in [0.05, 0.1) is 11.7 Å². The summed E-state index contributed by atoms with van der Waals surface area (Å²) in [5.74, 6) is 0.604. The smallest absolute Gasteiger partial charge is 0.158 e. The first-order chi connectivity index (χ1) is 11.2. The number of halogens is 1. The first kappa shape index (κ1) is 13.9. The van der Waals surface area contributed by atoms with Crippen LogP contribution in [0.25, 0.3) is 11.1 Å². The fourth-order valence-corrected chi connectivity index (χ4v) is 3.12. The minimum Gasteiger partial charge on any atom is -0.241 e. The number of nitrogens with zero attached hydrogens (tertiary/aromatic N) is 3. The molecule has 4 heteroatoms. The Bertz CT molecular complexity index is 864. The van der Waals surface area contributed by atoms with Crippen molar-refractivity contribution in [2.45, 2.75) is 19.4 Å². The molecule has 2 heterocycles. The van der Waals surface area contributed by atoms with Crippen LogP contribution in [0.1, 0.15) is 23.7 Å². The Kier molecular flexibility index (Phi) is 3.30. The van der Waals surface area contributed by atoms with Gasteiger partial charge in [-0.2, -0.15) is 5.10 Å². The quantitative estimate of drug-likeness (QED) is 0.675. The highest BCUT2D eigenvalue weighted by molar-refractivity contribution is 5.80. The molecule has 1 aliphatic heterocycles. The van der Waals surface area contributed by atoms with E-state index < -0.39 is 0 Å². The zero-order valence-corrected chi connectivity index (χ0v) is 12.8. The molecule has 2 aromatic carbocycles. The maximum absolute atomic E-state index is 13.2. The second kappa shape index (κ2) is 5.47. The largest absolute Gasteiger partial charge is 0.241 e. The molecule has 0 radical (unpaired) electrons. The minimum atomic E-state index is -0.238. The Morgan fingerprint density at radius 1 is 1.04 bits per heavy atom. The Morgan fingerprint density at radius 3 is 2.52 bits per heavy atom. The van der Waals surface area contributed by atoms with Gasteiger partial charge in [-0.3, -0.25) is 0 Å². The molecule has 114 valence electrons. The van der Waals surface area contributed by atoms with Crippen molar-refractivity contribution in [2.75, 3.05) is 0 Å². The van der Waals surface area contributed by atoms with E-state index in [-0.39, 0.29) is 11.9 Å². The highest BCUT2D eigenvalue weighted by atomic mass is 19.1. The molecule has 23 heavy (non-hydrogen) atoms. The van der Waals surface area contributed by atoms with E-state index >= 15 is 0 Å². The van der Waals surface area contributed by atoms with Gasteiger partial charge in [0.25, 0.3) is 0 Å². The fraction of sp³-hybridized carbons (Fsp3) is 0.158. The number of rotatable bonds is 2. The van der Waals surface area contributed by atoms with Gasteiger partial charge >= 0.3 is 0 Å². The van der Waals surface area contributed by atoms with E-state index in [1.165, 1.54) is 17.7 Å². The Morgan fingerprint density at radius 2 is 1.78 bits per heavy atom. The van der Waals surface area contributed by atoms with E-state index in [2.05, 4.69) is 17.1 Å². The van der Waals surface area contributed by atoms with Gasteiger partial charge in [-0.25, -0.2) is 14.1 Å². The molecule has 1 atom stereocenters. The van der Waals surface area contributed by atoms with E-state index in [1.807, 2.05) is 36.0 Å². The van der Waals surface area contributed by atoms with Crippen LogP contribution in [0.15, 0.2) is 59.6 Å². The molecule has 0 N–H and O–H groups in total. The van der Waals surface area contributed by atoms with Gasteiger partial charge in [0.2, 0.25) is 0 Å². The van der Waals surface area contributed by atoms with Crippen molar-refractivity contribution in [3.63, 3.8) is 0 Å². The lowest BCUT2D eigenvalue weighted by atomic mass is 10.0. The van der Waals surface area contributed by atoms with Crippen molar-refractivity contribution in [3.8, 4) is 11.1 Å². The zero-order valence-electron chi connectivity index (χ0n) is 12.8. The Hall–Kier alpha value is -2.75. The van der Waals surface area contributed by atoms with Gasteiger partial charge < -0.3 is 0 Å². The summed E-state index contributed by atoms with van der Waals surface area (Å²) < 4.78 is 15.2. The molecule has 4 rings (SSSR count). The predicted octanol–water partition coefficient (Wildman–Crippen LogP) is 4.69. The summed E-state index contributed by atoms with van der Waals surface area (Å²) in [7, 11) is 0. The molecule has 3 aromatic rings. The Balaban J connectivity index is 1.85. The number of hydrogen-bond acceptors (Lipinski definition) is 2. The SMILES string of the molecule is Cc1nn2c(c1-c1ccc(F)cc1)N=CC[C@H]2c1ccccc1. The van der Waals surface area contributed by atoms with Crippen LogP contribution in [0.3, 0.4) is 0 Å².